The van der Waals surface area contributed by atoms with Crippen molar-refractivity contribution in [2.75, 3.05) is 14.2 Å². The fourth-order valence-electron chi connectivity index (χ4n) is 2.43. The number of carbonyl (C=O) groups is 1. The van der Waals surface area contributed by atoms with Gasteiger partial charge < -0.3 is 14.8 Å². The van der Waals surface area contributed by atoms with E-state index in [2.05, 4.69) is 15.5 Å². The molecule has 0 bridgehead atoms. The Morgan fingerprint density at radius 2 is 1.77 bits per heavy atom. The van der Waals surface area contributed by atoms with Gasteiger partial charge in [0.2, 0.25) is 5.88 Å². The van der Waals surface area contributed by atoms with Crippen molar-refractivity contribution < 1.29 is 14.3 Å². The quantitative estimate of drug-likeness (QED) is 0.740. The number of benzene rings is 2. The van der Waals surface area contributed by atoms with Crippen LogP contribution in [-0.2, 0) is 6.54 Å². The minimum Gasteiger partial charge on any atom is -0.497 e. The molecule has 132 valence electrons. The molecule has 0 atom stereocenters. The number of methoxy groups -OCH3 is 2. The molecule has 0 unspecified atom stereocenters. The van der Waals surface area contributed by atoms with E-state index in [4.69, 9.17) is 9.47 Å². The summed E-state index contributed by atoms with van der Waals surface area (Å²) in [6, 6.07) is 18.4. The standard InChI is InChI=1S/C20H19N3O3/c1-25-17-8-6-14(7-9-17)13-21-20(24)16-5-3-4-15(12-16)18-10-11-19(26-2)23-22-18/h3-12H,13H2,1-2H3,(H,21,24). The van der Waals surface area contributed by atoms with Gasteiger partial charge in [0.1, 0.15) is 5.75 Å². The molecule has 3 aromatic rings. The van der Waals surface area contributed by atoms with Crippen molar-refractivity contribution in [3.05, 3.63) is 71.8 Å². The van der Waals surface area contributed by atoms with Crippen molar-refractivity contribution in [2.45, 2.75) is 6.54 Å². The molecule has 0 saturated heterocycles. The molecular weight excluding hydrogens is 330 g/mol. The number of hydrogen-bond acceptors (Lipinski definition) is 5. The highest BCUT2D eigenvalue weighted by molar-refractivity contribution is 5.95. The maximum absolute atomic E-state index is 12.4. The lowest BCUT2D eigenvalue weighted by Gasteiger charge is -2.08. The Morgan fingerprint density at radius 1 is 0.962 bits per heavy atom. The van der Waals surface area contributed by atoms with Gasteiger partial charge >= 0.3 is 0 Å². The molecule has 3 rings (SSSR count). The average molecular weight is 349 g/mol. The van der Waals surface area contributed by atoms with Gasteiger partial charge in [0, 0.05) is 23.7 Å². The summed E-state index contributed by atoms with van der Waals surface area (Å²) in [5.41, 5.74) is 3.05. The molecule has 0 aliphatic rings. The summed E-state index contributed by atoms with van der Waals surface area (Å²) in [6.07, 6.45) is 0. The molecule has 1 amide bonds. The van der Waals surface area contributed by atoms with Gasteiger partial charge in [-0.2, -0.15) is 0 Å². The van der Waals surface area contributed by atoms with Crippen LogP contribution in [0.2, 0.25) is 0 Å². The number of rotatable bonds is 6. The molecule has 6 heteroatoms. The summed E-state index contributed by atoms with van der Waals surface area (Å²) in [4.78, 5) is 12.4. The zero-order valence-electron chi connectivity index (χ0n) is 14.6. The van der Waals surface area contributed by atoms with Gasteiger partial charge in [-0.3, -0.25) is 4.79 Å². The number of nitrogens with zero attached hydrogens (tertiary/aromatic N) is 2. The van der Waals surface area contributed by atoms with Gasteiger partial charge in [-0.1, -0.05) is 24.3 Å². The van der Waals surface area contributed by atoms with Crippen LogP contribution in [-0.4, -0.2) is 30.3 Å². The van der Waals surface area contributed by atoms with Crippen LogP contribution in [0.25, 0.3) is 11.3 Å². The summed E-state index contributed by atoms with van der Waals surface area (Å²) < 4.78 is 10.1. The van der Waals surface area contributed by atoms with Crippen LogP contribution < -0.4 is 14.8 Å². The van der Waals surface area contributed by atoms with Crippen LogP contribution in [0.4, 0.5) is 0 Å². The predicted molar refractivity (Wildman–Crippen MR) is 98.2 cm³/mol. The second-order valence-electron chi connectivity index (χ2n) is 5.57. The monoisotopic (exact) mass is 349 g/mol. The van der Waals surface area contributed by atoms with Crippen molar-refractivity contribution >= 4 is 5.91 Å². The number of aromatic nitrogens is 2. The van der Waals surface area contributed by atoms with Gasteiger partial charge in [-0.05, 0) is 35.9 Å². The highest BCUT2D eigenvalue weighted by Crippen LogP contribution is 2.19. The maximum atomic E-state index is 12.4. The smallest absolute Gasteiger partial charge is 0.251 e. The first-order valence-corrected chi connectivity index (χ1v) is 8.09. The molecule has 26 heavy (non-hydrogen) atoms. The first-order valence-electron chi connectivity index (χ1n) is 8.09. The lowest BCUT2D eigenvalue weighted by Crippen LogP contribution is -2.22. The molecule has 6 nitrogen and oxygen atoms in total. The van der Waals surface area contributed by atoms with Crippen LogP contribution in [0.3, 0.4) is 0 Å². The molecule has 0 spiro atoms. The Bertz CT molecular complexity index is 878. The van der Waals surface area contributed by atoms with E-state index in [1.165, 1.54) is 7.11 Å². The average Bonchev–Trinajstić information content (AvgIpc) is 2.72. The van der Waals surface area contributed by atoms with E-state index in [0.29, 0.717) is 23.7 Å². The van der Waals surface area contributed by atoms with Crippen molar-refractivity contribution in [3.8, 4) is 22.9 Å². The molecule has 1 heterocycles. The van der Waals surface area contributed by atoms with Gasteiger partial charge in [-0.15, -0.1) is 10.2 Å². The van der Waals surface area contributed by atoms with Gasteiger partial charge in [0.15, 0.2) is 0 Å². The van der Waals surface area contributed by atoms with Crippen molar-refractivity contribution in [2.24, 2.45) is 0 Å². The van der Waals surface area contributed by atoms with E-state index in [1.807, 2.05) is 36.4 Å². The number of amides is 1. The van der Waals surface area contributed by atoms with Crippen LogP contribution in [0.1, 0.15) is 15.9 Å². The Morgan fingerprint density at radius 3 is 2.42 bits per heavy atom. The van der Waals surface area contributed by atoms with Crippen molar-refractivity contribution in [3.63, 3.8) is 0 Å². The van der Waals surface area contributed by atoms with E-state index < -0.39 is 0 Å². The van der Waals surface area contributed by atoms with Gasteiger partial charge in [-0.25, -0.2) is 0 Å². The van der Waals surface area contributed by atoms with Crippen LogP contribution in [0.15, 0.2) is 60.7 Å². The van der Waals surface area contributed by atoms with Crippen LogP contribution in [0, 0.1) is 0 Å². The Labute approximate surface area is 151 Å². The summed E-state index contributed by atoms with van der Waals surface area (Å²) in [7, 11) is 3.16. The van der Waals surface area contributed by atoms with Crippen LogP contribution in [0.5, 0.6) is 11.6 Å². The normalized spacial score (nSPS) is 10.2. The Balaban J connectivity index is 1.69. The third-order valence-corrected chi connectivity index (χ3v) is 3.88. The first-order chi connectivity index (χ1) is 12.7. The number of hydrogen-bond donors (Lipinski definition) is 1. The van der Waals surface area contributed by atoms with Crippen molar-refractivity contribution in [1.29, 1.82) is 0 Å². The SMILES string of the molecule is COc1ccc(CNC(=O)c2cccc(-c3ccc(OC)nn3)c2)cc1. The maximum Gasteiger partial charge on any atom is 0.251 e. The fraction of sp³-hybridized carbons (Fsp3) is 0.150. The highest BCUT2D eigenvalue weighted by Gasteiger charge is 2.08. The lowest BCUT2D eigenvalue weighted by atomic mass is 10.1. The summed E-state index contributed by atoms with van der Waals surface area (Å²) >= 11 is 0. The molecule has 0 fully saturated rings. The molecule has 1 aromatic heterocycles. The summed E-state index contributed by atoms with van der Waals surface area (Å²) in [5.74, 6) is 1.08. The second-order valence-corrected chi connectivity index (χ2v) is 5.57. The molecule has 0 aliphatic heterocycles. The third kappa shape index (κ3) is 4.16. The Kier molecular flexibility index (Phi) is 5.43. The molecular formula is C20H19N3O3. The zero-order valence-corrected chi connectivity index (χ0v) is 14.6. The van der Waals surface area contributed by atoms with E-state index in [0.717, 1.165) is 16.9 Å². The number of nitrogens with one attached hydrogen (secondary N) is 1. The highest BCUT2D eigenvalue weighted by atomic mass is 16.5. The second kappa shape index (κ2) is 8.11. The topological polar surface area (TPSA) is 73.3 Å². The first kappa shape index (κ1) is 17.4. The third-order valence-electron chi connectivity index (χ3n) is 3.88. The van der Waals surface area contributed by atoms with Gasteiger partial charge in [0.25, 0.3) is 5.91 Å². The van der Waals surface area contributed by atoms with E-state index in [-0.39, 0.29) is 5.91 Å². The zero-order chi connectivity index (χ0) is 18.4. The predicted octanol–water partition coefficient (Wildman–Crippen LogP) is 3.09. The summed E-state index contributed by atoms with van der Waals surface area (Å²) in [5, 5.41) is 11.0. The van der Waals surface area contributed by atoms with Gasteiger partial charge in [0.05, 0.1) is 19.9 Å². The number of carbonyl (C=O) groups excluding carboxylic acids is 1. The van der Waals surface area contributed by atoms with E-state index in [1.54, 1.807) is 31.4 Å². The summed E-state index contributed by atoms with van der Waals surface area (Å²) in [6.45, 7) is 0.440. The fourth-order valence-corrected chi connectivity index (χ4v) is 2.43. The number of ether oxygens (including phenoxy) is 2. The molecule has 2 aromatic carbocycles. The molecule has 0 saturated carbocycles. The molecule has 1 N–H and O–H groups in total. The lowest BCUT2D eigenvalue weighted by molar-refractivity contribution is 0.0951. The largest absolute Gasteiger partial charge is 0.497 e. The van der Waals surface area contributed by atoms with E-state index >= 15 is 0 Å². The molecule has 0 radical (unpaired) electrons. The van der Waals surface area contributed by atoms with E-state index in [9.17, 15) is 4.79 Å². The minimum absolute atomic E-state index is 0.149. The van der Waals surface area contributed by atoms with Crippen molar-refractivity contribution in [1.82, 2.24) is 15.5 Å². The van der Waals surface area contributed by atoms with Crippen LogP contribution >= 0.6 is 0 Å². The minimum atomic E-state index is -0.149. The molecule has 0 aliphatic carbocycles. The Hall–Kier alpha value is -3.41.